The normalized spacial score (nSPS) is 12.2. The molecular weight excluding hydrogens is 385 g/mol. The van der Waals surface area contributed by atoms with Gasteiger partial charge in [-0.15, -0.1) is 0 Å². The quantitative estimate of drug-likeness (QED) is 0.769. The summed E-state index contributed by atoms with van der Waals surface area (Å²) in [7, 11) is 0. The third-order valence-corrected chi connectivity index (χ3v) is 3.63. The van der Waals surface area contributed by atoms with Crippen LogP contribution >= 0.6 is 11.6 Å². The summed E-state index contributed by atoms with van der Waals surface area (Å²) in [5.41, 5.74) is -0.0116. The lowest BCUT2D eigenvalue weighted by atomic mass is 10.1. The lowest BCUT2D eigenvalue weighted by Crippen LogP contribution is -2.35. The molecule has 144 valence electrons. The molecule has 2 aromatic rings. The van der Waals surface area contributed by atoms with E-state index in [2.05, 4.69) is 5.32 Å². The molecule has 1 unspecified atom stereocenters. The van der Waals surface area contributed by atoms with Gasteiger partial charge in [0.2, 0.25) is 0 Å². The molecule has 0 radical (unpaired) electrons. The molecule has 0 fully saturated rings. The maximum atomic E-state index is 12.3. The van der Waals surface area contributed by atoms with Gasteiger partial charge < -0.3 is 15.4 Å². The van der Waals surface area contributed by atoms with E-state index in [0.29, 0.717) is 10.8 Å². The van der Waals surface area contributed by atoms with Crippen molar-refractivity contribution in [2.75, 3.05) is 11.9 Å². The molecule has 0 aromatic heterocycles. The number of para-hydroxylation sites is 1. The van der Waals surface area contributed by atoms with E-state index in [1.54, 1.807) is 35.6 Å². The lowest BCUT2D eigenvalue weighted by Gasteiger charge is -2.16. The van der Waals surface area contributed by atoms with E-state index in [9.17, 15) is 22.8 Å². The van der Waals surface area contributed by atoms with Crippen LogP contribution in [-0.2, 0) is 4.79 Å². The average Bonchev–Trinajstić information content (AvgIpc) is 2.61. The first kappa shape index (κ1) is 20.6. The molecule has 0 bridgehead atoms. The van der Waals surface area contributed by atoms with Crippen molar-refractivity contribution >= 4 is 29.1 Å². The van der Waals surface area contributed by atoms with Crippen LogP contribution in [0.5, 0.6) is 5.75 Å². The number of amides is 2. The zero-order chi connectivity index (χ0) is 20.0. The highest BCUT2D eigenvalue weighted by molar-refractivity contribution is 6.30. The molecule has 1 atom stereocenters. The maximum Gasteiger partial charge on any atom is 0.405 e. The first-order valence-electron chi connectivity index (χ1n) is 7.83. The third-order valence-electron chi connectivity index (χ3n) is 3.37. The minimum absolute atomic E-state index is 0.0775. The van der Waals surface area contributed by atoms with E-state index in [0.717, 1.165) is 0 Å². The number of nitrogens with one attached hydrogen (secondary N) is 2. The van der Waals surface area contributed by atoms with Gasteiger partial charge in [-0.2, -0.15) is 13.2 Å². The Labute approximate surface area is 158 Å². The van der Waals surface area contributed by atoms with Crippen LogP contribution in [0.2, 0.25) is 5.02 Å². The van der Waals surface area contributed by atoms with Gasteiger partial charge in [0.15, 0.2) is 6.10 Å². The summed E-state index contributed by atoms with van der Waals surface area (Å²) in [5, 5.41) is 4.77. The molecule has 0 saturated carbocycles. The zero-order valence-electron chi connectivity index (χ0n) is 14.1. The van der Waals surface area contributed by atoms with Crippen molar-refractivity contribution in [2.45, 2.75) is 19.2 Å². The van der Waals surface area contributed by atoms with E-state index in [4.69, 9.17) is 16.3 Å². The van der Waals surface area contributed by atoms with Crippen LogP contribution in [0.1, 0.15) is 17.3 Å². The van der Waals surface area contributed by atoms with Gasteiger partial charge in [0.25, 0.3) is 11.8 Å². The van der Waals surface area contributed by atoms with Crippen LogP contribution < -0.4 is 15.4 Å². The van der Waals surface area contributed by atoms with Crippen LogP contribution in [0.3, 0.4) is 0 Å². The standard InChI is InChI=1S/C18H16ClF3N2O3/c1-11(27-13-8-6-12(19)7-9-13)16(25)24-15-5-3-2-4-14(15)17(26)23-10-18(20,21)22/h2-9,11H,10H2,1H3,(H,23,26)(H,24,25). The Balaban J connectivity index is 2.04. The Morgan fingerprint density at radius 1 is 1.11 bits per heavy atom. The van der Waals surface area contributed by atoms with Crippen molar-refractivity contribution in [1.82, 2.24) is 5.32 Å². The summed E-state index contributed by atoms with van der Waals surface area (Å²) in [4.78, 5) is 24.3. The zero-order valence-corrected chi connectivity index (χ0v) is 14.9. The number of carbonyl (C=O) groups is 2. The van der Waals surface area contributed by atoms with E-state index in [-0.39, 0.29) is 11.3 Å². The fraction of sp³-hybridized carbons (Fsp3) is 0.222. The summed E-state index contributed by atoms with van der Waals surface area (Å²) in [5.74, 6) is -1.10. The fourth-order valence-corrected chi connectivity index (χ4v) is 2.20. The molecule has 2 amide bonds. The Morgan fingerprint density at radius 3 is 2.37 bits per heavy atom. The molecule has 0 aliphatic rings. The number of hydrogen-bond donors (Lipinski definition) is 2. The second-order valence-corrected chi connectivity index (χ2v) is 5.98. The number of ether oxygens (including phenoxy) is 1. The van der Waals surface area contributed by atoms with Gasteiger partial charge in [-0.05, 0) is 43.3 Å². The fourth-order valence-electron chi connectivity index (χ4n) is 2.07. The molecule has 0 spiro atoms. The summed E-state index contributed by atoms with van der Waals surface area (Å²) in [6, 6.07) is 12.1. The monoisotopic (exact) mass is 400 g/mol. The van der Waals surface area contributed by atoms with Crippen LogP contribution in [0, 0.1) is 0 Å². The summed E-state index contributed by atoms with van der Waals surface area (Å²) in [6.45, 7) is 0.0282. The molecule has 0 heterocycles. The summed E-state index contributed by atoms with van der Waals surface area (Å²) in [6.07, 6.45) is -5.45. The Kier molecular flexibility index (Phi) is 6.68. The first-order valence-corrected chi connectivity index (χ1v) is 8.20. The van der Waals surface area contributed by atoms with E-state index in [1.807, 2.05) is 0 Å². The van der Waals surface area contributed by atoms with Crippen LogP contribution in [0.4, 0.5) is 18.9 Å². The smallest absolute Gasteiger partial charge is 0.405 e. The number of benzene rings is 2. The van der Waals surface area contributed by atoms with Gasteiger partial charge in [0.1, 0.15) is 12.3 Å². The minimum Gasteiger partial charge on any atom is -0.481 e. The molecule has 2 rings (SSSR count). The number of carbonyl (C=O) groups excluding carboxylic acids is 2. The molecule has 9 heteroatoms. The Bertz CT molecular complexity index is 810. The van der Waals surface area contributed by atoms with Crippen molar-refractivity contribution in [3.8, 4) is 5.75 Å². The number of anilines is 1. The van der Waals surface area contributed by atoms with E-state index < -0.39 is 30.6 Å². The first-order chi connectivity index (χ1) is 12.7. The van der Waals surface area contributed by atoms with Gasteiger partial charge in [0.05, 0.1) is 11.3 Å². The van der Waals surface area contributed by atoms with Gasteiger partial charge in [-0.1, -0.05) is 23.7 Å². The molecule has 0 saturated heterocycles. The number of halogens is 4. The third kappa shape index (κ3) is 6.49. The highest BCUT2D eigenvalue weighted by Gasteiger charge is 2.28. The van der Waals surface area contributed by atoms with Gasteiger partial charge >= 0.3 is 6.18 Å². The van der Waals surface area contributed by atoms with Crippen molar-refractivity contribution < 1.29 is 27.5 Å². The molecule has 2 aromatic carbocycles. The Morgan fingerprint density at radius 2 is 1.74 bits per heavy atom. The predicted molar refractivity (Wildman–Crippen MR) is 95.0 cm³/mol. The predicted octanol–water partition coefficient (Wildman–Crippen LogP) is 4.04. The highest BCUT2D eigenvalue weighted by atomic mass is 35.5. The molecule has 27 heavy (non-hydrogen) atoms. The van der Waals surface area contributed by atoms with Crippen LogP contribution in [-0.4, -0.2) is 30.6 Å². The molecule has 0 aliphatic carbocycles. The minimum atomic E-state index is -4.53. The number of hydrogen-bond acceptors (Lipinski definition) is 3. The van der Waals surface area contributed by atoms with Crippen LogP contribution in [0.25, 0.3) is 0 Å². The molecule has 0 aliphatic heterocycles. The van der Waals surface area contributed by atoms with Crippen molar-refractivity contribution in [3.05, 3.63) is 59.1 Å². The molecule has 5 nitrogen and oxygen atoms in total. The summed E-state index contributed by atoms with van der Waals surface area (Å²) >= 11 is 5.78. The average molecular weight is 401 g/mol. The molecule has 2 N–H and O–H groups in total. The molecular formula is C18H16ClF3N2O3. The SMILES string of the molecule is CC(Oc1ccc(Cl)cc1)C(=O)Nc1ccccc1C(=O)NCC(F)(F)F. The van der Waals surface area contributed by atoms with Gasteiger partial charge in [0, 0.05) is 5.02 Å². The highest BCUT2D eigenvalue weighted by Crippen LogP contribution is 2.19. The van der Waals surface area contributed by atoms with Crippen molar-refractivity contribution in [3.63, 3.8) is 0 Å². The topological polar surface area (TPSA) is 67.4 Å². The van der Waals surface area contributed by atoms with E-state index >= 15 is 0 Å². The number of alkyl halides is 3. The largest absolute Gasteiger partial charge is 0.481 e. The number of rotatable bonds is 6. The Hall–Kier alpha value is -2.74. The van der Waals surface area contributed by atoms with Gasteiger partial charge in [-0.25, -0.2) is 0 Å². The lowest BCUT2D eigenvalue weighted by molar-refractivity contribution is -0.123. The van der Waals surface area contributed by atoms with Crippen molar-refractivity contribution in [1.29, 1.82) is 0 Å². The van der Waals surface area contributed by atoms with Crippen molar-refractivity contribution in [2.24, 2.45) is 0 Å². The second kappa shape index (κ2) is 8.77. The van der Waals surface area contributed by atoms with Crippen LogP contribution in [0.15, 0.2) is 48.5 Å². The summed E-state index contributed by atoms with van der Waals surface area (Å²) < 4.78 is 42.3. The maximum absolute atomic E-state index is 12.3. The van der Waals surface area contributed by atoms with E-state index in [1.165, 1.54) is 25.1 Å². The second-order valence-electron chi connectivity index (χ2n) is 5.55. The van der Waals surface area contributed by atoms with Gasteiger partial charge in [-0.3, -0.25) is 9.59 Å².